The molecular weight excluding hydrogens is 226 g/mol. The van der Waals surface area contributed by atoms with Crippen molar-refractivity contribution in [2.24, 2.45) is 13.0 Å². The standard InChI is InChI=1S/C13H21N5/c1-10(2)13(14-3)11-5-6-18(7-11)8-12-15-9-16-17(12)4/h5-7,9-10,13-14H,8H2,1-4H3. The Balaban J connectivity index is 2.13. The van der Waals surface area contributed by atoms with Crippen LogP contribution in [0.1, 0.15) is 31.3 Å². The van der Waals surface area contributed by atoms with Crippen molar-refractivity contribution in [1.82, 2.24) is 24.6 Å². The molecule has 0 spiro atoms. The molecular formula is C13H21N5. The molecule has 0 saturated carbocycles. The minimum atomic E-state index is 0.394. The van der Waals surface area contributed by atoms with Gasteiger partial charge in [-0.05, 0) is 24.6 Å². The summed E-state index contributed by atoms with van der Waals surface area (Å²) in [6.07, 6.45) is 5.86. The molecule has 0 radical (unpaired) electrons. The van der Waals surface area contributed by atoms with Crippen molar-refractivity contribution in [3.8, 4) is 0 Å². The van der Waals surface area contributed by atoms with E-state index in [0.717, 1.165) is 12.4 Å². The molecule has 0 amide bonds. The Morgan fingerprint density at radius 1 is 1.39 bits per heavy atom. The zero-order chi connectivity index (χ0) is 13.1. The molecule has 0 aliphatic carbocycles. The Morgan fingerprint density at radius 2 is 2.17 bits per heavy atom. The van der Waals surface area contributed by atoms with Gasteiger partial charge >= 0.3 is 0 Å². The zero-order valence-electron chi connectivity index (χ0n) is 11.5. The van der Waals surface area contributed by atoms with E-state index in [9.17, 15) is 0 Å². The van der Waals surface area contributed by atoms with E-state index < -0.39 is 0 Å². The summed E-state index contributed by atoms with van der Waals surface area (Å²) < 4.78 is 3.95. The van der Waals surface area contributed by atoms with Gasteiger partial charge in [0.05, 0.1) is 6.54 Å². The van der Waals surface area contributed by atoms with Gasteiger partial charge in [-0.3, -0.25) is 4.68 Å². The van der Waals surface area contributed by atoms with Crippen LogP contribution < -0.4 is 5.32 Å². The number of nitrogens with one attached hydrogen (secondary N) is 1. The Morgan fingerprint density at radius 3 is 2.72 bits per heavy atom. The largest absolute Gasteiger partial charge is 0.346 e. The zero-order valence-corrected chi connectivity index (χ0v) is 11.5. The highest BCUT2D eigenvalue weighted by Crippen LogP contribution is 2.21. The predicted molar refractivity (Wildman–Crippen MR) is 71.2 cm³/mol. The van der Waals surface area contributed by atoms with Gasteiger partial charge in [-0.25, -0.2) is 4.98 Å². The van der Waals surface area contributed by atoms with Crippen LogP contribution in [0.5, 0.6) is 0 Å². The van der Waals surface area contributed by atoms with E-state index in [1.54, 1.807) is 11.0 Å². The van der Waals surface area contributed by atoms with E-state index in [4.69, 9.17) is 0 Å². The van der Waals surface area contributed by atoms with E-state index in [2.05, 4.69) is 52.3 Å². The molecule has 2 heterocycles. The number of aryl methyl sites for hydroxylation is 1. The number of rotatable bonds is 5. The quantitative estimate of drug-likeness (QED) is 0.872. The molecule has 2 rings (SSSR count). The fourth-order valence-corrected chi connectivity index (χ4v) is 2.25. The molecule has 1 atom stereocenters. The molecule has 2 aromatic rings. The predicted octanol–water partition coefficient (Wildman–Crippen LogP) is 1.58. The van der Waals surface area contributed by atoms with Crippen LogP contribution in [-0.4, -0.2) is 26.4 Å². The van der Waals surface area contributed by atoms with Gasteiger partial charge in [0, 0.05) is 25.5 Å². The minimum Gasteiger partial charge on any atom is -0.346 e. The molecule has 0 saturated heterocycles. The Kier molecular flexibility index (Phi) is 3.81. The molecule has 2 aromatic heterocycles. The molecule has 0 fully saturated rings. The van der Waals surface area contributed by atoms with Gasteiger partial charge in [0.25, 0.3) is 0 Å². The number of aromatic nitrogens is 4. The summed E-state index contributed by atoms with van der Waals surface area (Å²) in [6.45, 7) is 5.20. The van der Waals surface area contributed by atoms with Gasteiger partial charge in [0.1, 0.15) is 12.2 Å². The molecule has 5 nitrogen and oxygen atoms in total. The average molecular weight is 247 g/mol. The van der Waals surface area contributed by atoms with Gasteiger partial charge in [0.15, 0.2) is 0 Å². The van der Waals surface area contributed by atoms with Gasteiger partial charge in [-0.1, -0.05) is 13.8 Å². The maximum absolute atomic E-state index is 4.24. The van der Waals surface area contributed by atoms with Crippen LogP contribution in [0.3, 0.4) is 0 Å². The van der Waals surface area contributed by atoms with Gasteiger partial charge in [0.2, 0.25) is 0 Å². The van der Waals surface area contributed by atoms with Crippen LogP contribution in [0.15, 0.2) is 24.8 Å². The first kappa shape index (κ1) is 12.8. The first-order valence-corrected chi connectivity index (χ1v) is 6.27. The van der Waals surface area contributed by atoms with Gasteiger partial charge < -0.3 is 9.88 Å². The van der Waals surface area contributed by atoms with E-state index in [0.29, 0.717) is 12.0 Å². The smallest absolute Gasteiger partial charge is 0.146 e. The second-order valence-electron chi connectivity index (χ2n) is 4.93. The summed E-state index contributed by atoms with van der Waals surface area (Å²) in [4.78, 5) is 4.24. The Bertz CT molecular complexity index is 497. The molecule has 0 aliphatic rings. The lowest BCUT2D eigenvalue weighted by atomic mass is 9.99. The topological polar surface area (TPSA) is 47.7 Å². The first-order valence-electron chi connectivity index (χ1n) is 6.27. The van der Waals surface area contributed by atoms with Crippen molar-refractivity contribution in [1.29, 1.82) is 0 Å². The summed E-state index contributed by atoms with van der Waals surface area (Å²) in [6, 6.07) is 2.56. The third-order valence-electron chi connectivity index (χ3n) is 3.24. The highest BCUT2D eigenvalue weighted by Gasteiger charge is 2.14. The van der Waals surface area contributed by atoms with Crippen molar-refractivity contribution >= 4 is 0 Å². The van der Waals surface area contributed by atoms with Crippen molar-refractivity contribution in [3.63, 3.8) is 0 Å². The van der Waals surface area contributed by atoms with E-state index in [-0.39, 0.29) is 0 Å². The van der Waals surface area contributed by atoms with Crippen LogP contribution in [0, 0.1) is 5.92 Å². The van der Waals surface area contributed by atoms with E-state index in [1.165, 1.54) is 5.56 Å². The van der Waals surface area contributed by atoms with E-state index in [1.807, 2.05) is 14.1 Å². The highest BCUT2D eigenvalue weighted by molar-refractivity contribution is 5.16. The summed E-state index contributed by atoms with van der Waals surface area (Å²) in [5.74, 6) is 1.53. The summed E-state index contributed by atoms with van der Waals surface area (Å²) in [5, 5.41) is 7.43. The van der Waals surface area contributed by atoms with Gasteiger partial charge in [-0.15, -0.1) is 0 Å². The fraction of sp³-hybridized carbons (Fsp3) is 0.538. The minimum absolute atomic E-state index is 0.394. The Hall–Kier alpha value is -1.62. The maximum atomic E-state index is 4.24. The van der Waals surface area contributed by atoms with Crippen molar-refractivity contribution in [2.45, 2.75) is 26.4 Å². The van der Waals surface area contributed by atoms with Crippen LogP contribution in [0.2, 0.25) is 0 Å². The van der Waals surface area contributed by atoms with Gasteiger partial charge in [-0.2, -0.15) is 5.10 Å². The van der Waals surface area contributed by atoms with Crippen molar-refractivity contribution < 1.29 is 0 Å². The van der Waals surface area contributed by atoms with E-state index >= 15 is 0 Å². The molecule has 0 bridgehead atoms. The van der Waals surface area contributed by atoms with Crippen LogP contribution in [0.4, 0.5) is 0 Å². The molecule has 18 heavy (non-hydrogen) atoms. The first-order chi connectivity index (χ1) is 8.61. The lowest BCUT2D eigenvalue weighted by Crippen LogP contribution is -2.21. The number of hydrogen-bond acceptors (Lipinski definition) is 3. The number of hydrogen-bond donors (Lipinski definition) is 1. The molecule has 98 valence electrons. The number of nitrogens with zero attached hydrogens (tertiary/aromatic N) is 4. The highest BCUT2D eigenvalue weighted by atomic mass is 15.3. The second-order valence-corrected chi connectivity index (χ2v) is 4.93. The maximum Gasteiger partial charge on any atom is 0.146 e. The molecule has 0 aliphatic heterocycles. The average Bonchev–Trinajstić information content (AvgIpc) is 2.91. The molecule has 1 N–H and O–H groups in total. The molecule has 0 aromatic carbocycles. The third kappa shape index (κ3) is 2.61. The Labute approximate surface area is 108 Å². The fourth-order valence-electron chi connectivity index (χ4n) is 2.25. The monoisotopic (exact) mass is 247 g/mol. The molecule has 1 unspecified atom stereocenters. The summed E-state index contributed by atoms with van der Waals surface area (Å²) in [7, 11) is 3.92. The normalized spacial score (nSPS) is 13.2. The SMILES string of the molecule is CNC(c1ccn(Cc2ncnn2C)c1)C(C)C. The second kappa shape index (κ2) is 5.35. The van der Waals surface area contributed by atoms with Crippen LogP contribution in [0.25, 0.3) is 0 Å². The lowest BCUT2D eigenvalue weighted by molar-refractivity contribution is 0.442. The van der Waals surface area contributed by atoms with Crippen LogP contribution >= 0.6 is 0 Å². The van der Waals surface area contributed by atoms with Crippen molar-refractivity contribution in [3.05, 3.63) is 36.2 Å². The molecule has 5 heteroatoms. The van der Waals surface area contributed by atoms with Crippen LogP contribution in [-0.2, 0) is 13.6 Å². The summed E-state index contributed by atoms with van der Waals surface area (Å²) in [5.41, 5.74) is 1.31. The van der Waals surface area contributed by atoms with Crippen molar-refractivity contribution in [2.75, 3.05) is 7.05 Å². The summed E-state index contributed by atoms with van der Waals surface area (Å²) >= 11 is 0. The third-order valence-corrected chi connectivity index (χ3v) is 3.24. The lowest BCUT2D eigenvalue weighted by Gasteiger charge is -2.18.